The van der Waals surface area contributed by atoms with Crippen LogP contribution in [0.3, 0.4) is 0 Å². The van der Waals surface area contributed by atoms with E-state index in [9.17, 15) is 0 Å². The van der Waals surface area contributed by atoms with Crippen molar-refractivity contribution in [1.29, 1.82) is 0 Å². The lowest BCUT2D eigenvalue weighted by Gasteiger charge is -2.31. The van der Waals surface area contributed by atoms with Crippen LogP contribution >= 0.6 is 0 Å². The first-order valence-electron chi connectivity index (χ1n) is 5.52. The first-order valence-corrected chi connectivity index (χ1v) is 5.52. The summed E-state index contributed by atoms with van der Waals surface area (Å²) < 4.78 is 0. The highest BCUT2D eigenvalue weighted by atomic mass is 14.8. The molecule has 0 bridgehead atoms. The van der Waals surface area contributed by atoms with E-state index in [0.29, 0.717) is 5.41 Å². The summed E-state index contributed by atoms with van der Waals surface area (Å²) in [6.45, 7) is 12.8. The Morgan fingerprint density at radius 2 is 1.62 bits per heavy atom. The van der Waals surface area contributed by atoms with Gasteiger partial charge in [0.05, 0.1) is 0 Å². The van der Waals surface area contributed by atoms with Gasteiger partial charge in [-0.3, -0.25) is 0 Å². The van der Waals surface area contributed by atoms with E-state index in [4.69, 9.17) is 0 Å². The van der Waals surface area contributed by atoms with Gasteiger partial charge >= 0.3 is 0 Å². The number of nitrogens with one attached hydrogen (secondary N) is 1. The van der Waals surface area contributed by atoms with Crippen LogP contribution in [0.5, 0.6) is 0 Å². The number of hydrogen-bond acceptors (Lipinski definition) is 1. The van der Waals surface area contributed by atoms with Crippen molar-refractivity contribution >= 4 is 0 Å². The van der Waals surface area contributed by atoms with Gasteiger partial charge in [0, 0.05) is 0 Å². The maximum atomic E-state index is 3.30. The van der Waals surface area contributed by atoms with Crippen LogP contribution in [0.2, 0.25) is 0 Å². The Morgan fingerprint density at radius 3 is 1.92 bits per heavy atom. The standard InChI is InChI=1S/C12H27N/c1-10(2)7-8-11(9-13-6)12(3,4)5/h10-11,13H,7-9H2,1-6H3. The SMILES string of the molecule is CNCC(CCC(C)C)C(C)(C)C. The molecule has 0 rings (SSSR count). The highest BCUT2D eigenvalue weighted by Crippen LogP contribution is 2.30. The van der Waals surface area contributed by atoms with E-state index in [1.807, 2.05) is 7.05 Å². The van der Waals surface area contributed by atoms with Crippen molar-refractivity contribution in [3.05, 3.63) is 0 Å². The molecule has 80 valence electrons. The first kappa shape index (κ1) is 13.0. The molecule has 0 fully saturated rings. The molecule has 0 aromatic heterocycles. The molecule has 0 saturated heterocycles. The summed E-state index contributed by atoms with van der Waals surface area (Å²) in [4.78, 5) is 0. The monoisotopic (exact) mass is 185 g/mol. The normalized spacial score (nSPS) is 15.0. The Morgan fingerprint density at radius 1 is 1.08 bits per heavy atom. The first-order chi connectivity index (χ1) is 5.88. The minimum absolute atomic E-state index is 0.442. The molecule has 1 atom stereocenters. The maximum Gasteiger partial charge on any atom is -0.00185 e. The Hall–Kier alpha value is -0.0400. The van der Waals surface area contributed by atoms with Crippen molar-refractivity contribution in [1.82, 2.24) is 5.32 Å². The van der Waals surface area contributed by atoms with Gasteiger partial charge in [-0.2, -0.15) is 0 Å². The van der Waals surface area contributed by atoms with Crippen molar-refractivity contribution in [3.8, 4) is 0 Å². The van der Waals surface area contributed by atoms with Gasteiger partial charge in [0.15, 0.2) is 0 Å². The van der Waals surface area contributed by atoms with Crippen molar-refractivity contribution in [2.24, 2.45) is 17.3 Å². The fraction of sp³-hybridized carbons (Fsp3) is 1.00. The zero-order valence-electron chi connectivity index (χ0n) is 10.3. The van der Waals surface area contributed by atoms with E-state index in [0.717, 1.165) is 18.4 Å². The Balaban J connectivity index is 3.95. The zero-order valence-corrected chi connectivity index (χ0v) is 10.3. The molecule has 1 heteroatoms. The topological polar surface area (TPSA) is 12.0 Å². The second-order valence-corrected chi connectivity index (χ2v) is 5.59. The van der Waals surface area contributed by atoms with Gasteiger partial charge in [-0.05, 0) is 37.3 Å². The molecule has 0 aromatic carbocycles. The molecule has 0 aromatic rings. The van der Waals surface area contributed by atoms with Crippen molar-refractivity contribution in [3.63, 3.8) is 0 Å². The van der Waals surface area contributed by atoms with E-state index in [2.05, 4.69) is 39.9 Å². The van der Waals surface area contributed by atoms with Crippen LogP contribution in [0.4, 0.5) is 0 Å². The lowest BCUT2D eigenvalue weighted by molar-refractivity contribution is 0.211. The highest BCUT2D eigenvalue weighted by molar-refractivity contribution is 4.75. The second-order valence-electron chi connectivity index (χ2n) is 5.59. The predicted molar refractivity (Wildman–Crippen MR) is 60.9 cm³/mol. The summed E-state index contributed by atoms with van der Waals surface area (Å²) in [5.74, 6) is 1.64. The van der Waals surface area contributed by atoms with Gasteiger partial charge in [0.2, 0.25) is 0 Å². The maximum absolute atomic E-state index is 3.30. The van der Waals surface area contributed by atoms with Gasteiger partial charge in [-0.25, -0.2) is 0 Å². The van der Waals surface area contributed by atoms with Crippen LogP contribution in [0.1, 0.15) is 47.5 Å². The number of hydrogen-bond donors (Lipinski definition) is 1. The van der Waals surface area contributed by atoms with Crippen LogP contribution < -0.4 is 5.32 Å². The summed E-state index contributed by atoms with van der Waals surface area (Å²) in [7, 11) is 2.05. The van der Waals surface area contributed by atoms with Crippen molar-refractivity contribution in [2.75, 3.05) is 13.6 Å². The van der Waals surface area contributed by atoms with Crippen molar-refractivity contribution in [2.45, 2.75) is 47.5 Å². The van der Waals surface area contributed by atoms with E-state index in [-0.39, 0.29) is 0 Å². The molecule has 0 aliphatic rings. The average molecular weight is 185 g/mol. The molecule has 0 amide bonds. The highest BCUT2D eigenvalue weighted by Gasteiger charge is 2.23. The molecule has 0 saturated carbocycles. The van der Waals surface area contributed by atoms with Crippen LogP contribution in [0.25, 0.3) is 0 Å². The second kappa shape index (κ2) is 5.64. The van der Waals surface area contributed by atoms with E-state index in [1.54, 1.807) is 0 Å². The largest absolute Gasteiger partial charge is 0.319 e. The Bertz CT molecular complexity index is 122. The third-order valence-corrected chi connectivity index (χ3v) is 2.77. The quantitative estimate of drug-likeness (QED) is 0.693. The summed E-state index contributed by atoms with van der Waals surface area (Å²) in [6, 6.07) is 0. The predicted octanol–water partition coefficient (Wildman–Crippen LogP) is 3.30. The third kappa shape index (κ3) is 6.09. The van der Waals surface area contributed by atoms with Gasteiger partial charge in [0.1, 0.15) is 0 Å². The fourth-order valence-corrected chi connectivity index (χ4v) is 1.62. The molecule has 1 nitrogen and oxygen atoms in total. The number of rotatable bonds is 5. The van der Waals surface area contributed by atoms with Gasteiger partial charge in [-0.15, -0.1) is 0 Å². The van der Waals surface area contributed by atoms with Gasteiger partial charge in [-0.1, -0.05) is 41.0 Å². The molecule has 0 heterocycles. The van der Waals surface area contributed by atoms with E-state index < -0.39 is 0 Å². The summed E-state index contributed by atoms with van der Waals surface area (Å²) in [6.07, 6.45) is 2.70. The minimum Gasteiger partial charge on any atom is -0.319 e. The lowest BCUT2D eigenvalue weighted by Crippen LogP contribution is -2.30. The smallest absolute Gasteiger partial charge is 0.00185 e. The van der Waals surface area contributed by atoms with E-state index >= 15 is 0 Å². The summed E-state index contributed by atoms with van der Waals surface area (Å²) in [5, 5.41) is 3.30. The average Bonchev–Trinajstić information content (AvgIpc) is 1.95. The molecule has 1 N–H and O–H groups in total. The van der Waals surface area contributed by atoms with Gasteiger partial charge in [0.25, 0.3) is 0 Å². The van der Waals surface area contributed by atoms with Crippen LogP contribution in [-0.2, 0) is 0 Å². The molecular formula is C12H27N. The van der Waals surface area contributed by atoms with E-state index in [1.165, 1.54) is 12.8 Å². The Kier molecular flexibility index (Phi) is 5.62. The molecule has 0 aliphatic carbocycles. The molecular weight excluding hydrogens is 158 g/mol. The van der Waals surface area contributed by atoms with Crippen molar-refractivity contribution < 1.29 is 0 Å². The Labute approximate surface area is 84.3 Å². The van der Waals surface area contributed by atoms with Gasteiger partial charge < -0.3 is 5.32 Å². The van der Waals surface area contributed by atoms with Crippen LogP contribution in [-0.4, -0.2) is 13.6 Å². The van der Waals surface area contributed by atoms with Crippen LogP contribution in [0.15, 0.2) is 0 Å². The minimum atomic E-state index is 0.442. The molecule has 13 heavy (non-hydrogen) atoms. The lowest BCUT2D eigenvalue weighted by atomic mass is 9.77. The fourth-order valence-electron chi connectivity index (χ4n) is 1.62. The summed E-state index contributed by atoms with van der Waals surface area (Å²) >= 11 is 0. The molecule has 0 aliphatic heterocycles. The zero-order chi connectivity index (χ0) is 10.5. The third-order valence-electron chi connectivity index (χ3n) is 2.77. The molecule has 0 radical (unpaired) electrons. The van der Waals surface area contributed by atoms with Crippen LogP contribution in [0, 0.1) is 17.3 Å². The molecule has 0 spiro atoms. The summed E-state index contributed by atoms with van der Waals surface area (Å²) in [5.41, 5.74) is 0.442. The molecule has 1 unspecified atom stereocenters.